The van der Waals surface area contributed by atoms with Crippen LogP contribution in [-0.2, 0) is 13.0 Å². The molecule has 20 heavy (non-hydrogen) atoms. The van der Waals surface area contributed by atoms with Gasteiger partial charge in [0.05, 0.1) is 19.4 Å². The van der Waals surface area contributed by atoms with Crippen LogP contribution in [0.15, 0.2) is 44.7 Å². The van der Waals surface area contributed by atoms with Crippen molar-refractivity contribution in [3.8, 4) is 5.95 Å². The van der Waals surface area contributed by atoms with Gasteiger partial charge in [0.1, 0.15) is 11.5 Å². The van der Waals surface area contributed by atoms with Crippen molar-refractivity contribution in [3.63, 3.8) is 0 Å². The molecule has 2 rings (SSSR count). The van der Waals surface area contributed by atoms with E-state index in [0.717, 1.165) is 18.5 Å². The molecule has 0 saturated carbocycles. The second kappa shape index (κ2) is 6.84. The van der Waals surface area contributed by atoms with Crippen LogP contribution in [0.2, 0.25) is 0 Å². The zero-order valence-electron chi connectivity index (χ0n) is 11.6. The highest BCUT2D eigenvalue weighted by atomic mass is 16.6. The lowest BCUT2D eigenvalue weighted by molar-refractivity contribution is 0.231. The van der Waals surface area contributed by atoms with E-state index in [4.69, 9.17) is 13.6 Å². The standard InChI is InChI=1S/C15H19NO4/c1-3-5-6-9-19-14-13(4-2)16(15(17)20-14)11-12-8-7-10-18-12/h3,7-8,10H,1,4-6,9,11H2,2H3. The highest BCUT2D eigenvalue weighted by molar-refractivity contribution is 5.17. The number of ether oxygens (including phenoxy) is 1. The molecule has 0 unspecified atom stereocenters. The van der Waals surface area contributed by atoms with Gasteiger partial charge >= 0.3 is 11.7 Å². The van der Waals surface area contributed by atoms with Crippen molar-refractivity contribution in [2.45, 2.75) is 32.7 Å². The van der Waals surface area contributed by atoms with E-state index in [2.05, 4.69) is 6.58 Å². The molecule has 0 aromatic carbocycles. The summed E-state index contributed by atoms with van der Waals surface area (Å²) in [4.78, 5) is 11.9. The fourth-order valence-corrected chi connectivity index (χ4v) is 1.97. The van der Waals surface area contributed by atoms with E-state index in [-0.39, 0.29) is 0 Å². The van der Waals surface area contributed by atoms with Gasteiger partial charge in [0, 0.05) is 0 Å². The Labute approximate surface area is 117 Å². The smallest absolute Gasteiger partial charge is 0.422 e. The van der Waals surface area contributed by atoms with Crippen LogP contribution in [0, 0.1) is 0 Å². The van der Waals surface area contributed by atoms with Gasteiger partial charge in [-0.05, 0) is 31.4 Å². The van der Waals surface area contributed by atoms with E-state index >= 15 is 0 Å². The Balaban J connectivity index is 2.13. The number of unbranched alkanes of at least 4 members (excludes halogenated alkanes) is 1. The number of hydrogen-bond acceptors (Lipinski definition) is 4. The molecule has 0 radical (unpaired) electrons. The zero-order valence-corrected chi connectivity index (χ0v) is 11.6. The maximum Gasteiger partial charge on any atom is 0.422 e. The van der Waals surface area contributed by atoms with E-state index in [1.807, 2.05) is 19.1 Å². The minimum atomic E-state index is -0.419. The Morgan fingerprint density at radius 1 is 1.50 bits per heavy atom. The molecule has 0 amide bonds. The number of oxazole rings is 1. The van der Waals surface area contributed by atoms with Crippen molar-refractivity contribution in [1.82, 2.24) is 4.57 Å². The SMILES string of the molecule is C=CCCCOc1oc(=O)n(Cc2ccco2)c1CC. The molecular formula is C15H19NO4. The molecule has 2 aromatic heterocycles. The quantitative estimate of drug-likeness (QED) is 0.550. The predicted molar refractivity (Wildman–Crippen MR) is 75.1 cm³/mol. The molecule has 0 fully saturated rings. The largest absolute Gasteiger partial charge is 0.467 e. The molecule has 0 saturated heterocycles. The second-order valence-corrected chi connectivity index (χ2v) is 4.40. The van der Waals surface area contributed by atoms with Gasteiger partial charge in [-0.15, -0.1) is 6.58 Å². The summed E-state index contributed by atoms with van der Waals surface area (Å²) in [6.45, 7) is 6.48. The highest BCUT2D eigenvalue weighted by Crippen LogP contribution is 2.19. The molecule has 108 valence electrons. The van der Waals surface area contributed by atoms with Gasteiger partial charge in [-0.1, -0.05) is 13.0 Å². The van der Waals surface area contributed by atoms with Crippen molar-refractivity contribution in [2.75, 3.05) is 6.61 Å². The summed E-state index contributed by atoms with van der Waals surface area (Å²) in [6, 6.07) is 3.61. The summed E-state index contributed by atoms with van der Waals surface area (Å²) in [7, 11) is 0. The lowest BCUT2D eigenvalue weighted by atomic mass is 10.3. The van der Waals surface area contributed by atoms with Crippen LogP contribution >= 0.6 is 0 Å². The normalized spacial score (nSPS) is 10.7. The number of aromatic nitrogens is 1. The predicted octanol–water partition coefficient (Wildman–Crippen LogP) is 2.99. The third-order valence-corrected chi connectivity index (χ3v) is 2.98. The summed E-state index contributed by atoms with van der Waals surface area (Å²) >= 11 is 0. The van der Waals surface area contributed by atoms with Crippen LogP contribution in [0.1, 0.15) is 31.2 Å². The third kappa shape index (κ3) is 3.23. The number of rotatable bonds is 8. The highest BCUT2D eigenvalue weighted by Gasteiger charge is 2.17. The van der Waals surface area contributed by atoms with Crippen molar-refractivity contribution in [3.05, 3.63) is 53.1 Å². The van der Waals surface area contributed by atoms with E-state index < -0.39 is 5.76 Å². The van der Waals surface area contributed by atoms with Crippen LogP contribution in [-0.4, -0.2) is 11.2 Å². The van der Waals surface area contributed by atoms with Crippen LogP contribution in [0.5, 0.6) is 5.95 Å². The summed E-state index contributed by atoms with van der Waals surface area (Å²) in [5, 5.41) is 0. The van der Waals surface area contributed by atoms with E-state index in [9.17, 15) is 4.79 Å². The van der Waals surface area contributed by atoms with Gasteiger partial charge in [0.2, 0.25) is 0 Å². The molecule has 0 aliphatic carbocycles. The number of furan rings is 1. The number of hydrogen-bond donors (Lipinski definition) is 0. The lowest BCUT2D eigenvalue weighted by Gasteiger charge is -2.05. The van der Waals surface area contributed by atoms with Crippen LogP contribution in [0.25, 0.3) is 0 Å². The molecule has 2 aromatic rings. The first kappa shape index (κ1) is 14.2. The number of allylic oxidation sites excluding steroid dienone is 1. The lowest BCUT2D eigenvalue weighted by Crippen LogP contribution is -2.17. The Morgan fingerprint density at radius 3 is 3.00 bits per heavy atom. The summed E-state index contributed by atoms with van der Waals surface area (Å²) in [6.07, 6.45) is 5.79. The summed E-state index contributed by atoms with van der Waals surface area (Å²) < 4.78 is 17.5. The molecule has 0 aliphatic heterocycles. The van der Waals surface area contributed by atoms with Gasteiger partial charge in [-0.2, -0.15) is 0 Å². The van der Waals surface area contributed by atoms with Crippen LogP contribution in [0.3, 0.4) is 0 Å². The molecule has 0 N–H and O–H groups in total. The van der Waals surface area contributed by atoms with Gasteiger partial charge in [-0.25, -0.2) is 4.79 Å². The van der Waals surface area contributed by atoms with E-state index in [1.54, 1.807) is 16.9 Å². The van der Waals surface area contributed by atoms with Gasteiger partial charge < -0.3 is 13.6 Å². The number of nitrogens with zero attached hydrogens (tertiary/aromatic N) is 1. The third-order valence-electron chi connectivity index (χ3n) is 2.98. The Bertz CT molecular complexity index is 592. The summed E-state index contributed by atoms with van der Waals surface area (Å²) in [5.41, 5.74) is 0.755. The second-order valence-electron chi connectivity index (χ2n) is 4.40. The molecule has 5 nitrogen and oxygen atoms in total. The van der Waals surface area contributed by atoms with Crippen molar-refractivity contribution < 1.29 is 13.6 Å². The molecule has 0 spiro atoms. The van der Waals surface area contributed by atoms with Gasteiger partial charge in [-0.3, -0.25) is 4.57 Å². The van der Waals surface area contributed by atoms with E-state index in [0.29, 0.717) is 31.3 Å². The van der Waals surface area contributed by atoms with Gasteiger partial charge in [0.25, 0.3) is 0 Å². The molecule has 0 bridgehead atoms. The average Bonchev–Trinajstić information content (AvgIpc) is 3.05. The fourth-order valence-electron chi connectivity index (χ4n) is 1.97. The van der Waals surface area contributed by atoms with Crippen LogP contribution < -0.4 is 10.5 Å². The Kier molecular flexibility index (Phi) is 4.87. The Hall–Kier alpha value is -2.17. The first-order valence-electron chi connectivity index (χ1n) is 6.74. The monoisotopic (exact) mass is 277 g/mol. The first-order valence-corrected chi connectivity index (χ1v) is 6.74. The van der Waals surface area contributed by atoms with Crippen molar-refractivity contribution in [1.29, 1.82) is 0 Å². The minimum absolute atomic E-state index is 0.313. The minimum Gasteiger partial charge on any atom is -0.467 e. The summed E-state index contributed by atoms with van der Waals surface area (Å²) in [5.74, 6) is 0.603. The first-order chi connectivity index (χ1) is 9.76. The molecule has 0 atom stereocenters. The topological polar surface area (TPSA) is 57.5 Å². The van der Waals surface area contributed by atoms with Crippen LogP contribution in [0.4, 0.5) is 0 Å². The molecular weight excluding hydrogens is 258 g/mol. The maximum atomic E-state index is 11.9. The molecule has 0 aliphatic rings. The maximum absolute atomic E-state index is 11.9. The fraction of sp³-hybridized carbons (Fsp3) is 0.400. The van der Waals surface area contributed by atoms with Crippen molar-refractivity contribution in [2.24, 2.45) is 0 Å². The Morgan fingerprint density at radius 2 is 2.35 bits per heavy atom. The van der Waals surface area contributed by atoms with E-state index in [1.165, 1.54) is 0 Å². The van der Waals surface area contributed by atoms with Crippen molar-refractivity contribution >= 4 is 0 Å². The molecule has 2 heterocycles. The molecule has 5 heteroatoms. The zero-order chi connectivity index (χ0) is 14.4. The average molecular weight is 277 g/mol. The van der Waals surface area contributed by atoms with Gasteiger partial charge in [0.15, 0.2) is 0 Å².